The van der Waals surface area contributed by atoms with Gasteiger partial charge in [0, 0.05) is 4.47 Å². The van der Waals surface area contributed by atoms with E-state index >= 15 is 0 Å². The Morgan fingerprint density at radius 2 is 2.15 bits per heavy atom. The van der Waals surface area contributed by atoms with E-state index in [-0.39, 0.29) is 0 Å². The third kappa shape index (κ3) is 2.20. The molecule has 0 saturated carbocycles. The third-order valence-corrected chi connectivity index (χ3v) is 4.09. The Balaban J connectivity index is 2.06. The van der Waals surface area contributed by atoms with E-state index in [2.05, 4.69) is 44.2 Å². The van der Waals surface area contributed by atoms with Gasteiger partial charge < -0.3 is 5.73 Å². The van der Waals surface area contributed by atoms with Gasteiger partial charge in [-0.2, -0.15) is 10.2 Å². The van der Waals surface area contributed by atoms with Gasteiger partial charge in [0.05, 0.1) is 17.6 Å². The van der Waals surface area contributed by atoms with Gasteiger partial charge in [0.2, 0.25) is 0 Å². The van der Waals surface area contributed by atoms with Crippen LogP contribution in [0.1, 0.15) is 24.6 Å². The lowest BCUT2D eigenvalue weighted by Gasteiger charge is -2.04. The monoisotopic (exact) mass is 333 g/mol. The first-order chi connectivity index (χ1) is 9.70. The van der Waals surface area contributed by atoms with Gasteiger partial charge in [-0.1, -0.05) is 47.5 Å². The fourth-order valence-corrected chi connectivity index (χ4v) is 2.78. The van der Waals surface area contributed by atoms with E-state index < -0.39 is 0 Å². The Kier molecular flexibility index (Phi) is 3.48. The number of nitrogens with zero attached hydrogens (tertiary/aromatic N) is 3. The number of aromatic nitrogens is 4. The van der Waals surface area contributed by atoms with Crippen LogP contribution < -0.4 is 5.73 Å². The van der Waals surface area contributed by atoms with E-state index in [1.54, 1.807) is 0 Å². The Labute approximate surface area is 125 Å². The lowest BCUT2D eigenvalue weighted by atomic mass is 10.2. The first-order valence-electron chi connectivity index (χ1n) is 6.63. The highest BCUT2D eigenvalue weighted by Gasteiger charge is 2.16. The van der Waals surface area contributed by atoms with Crippen molar-refractivity contribution in [1.82, 2.24) is 20.0 Å². The molecule has 0 atom stereocenters. The van der Waals surface area contributed by atoms with Gasteiger partial charge in [-0.15, -0.1) is 0 Å². The standard InChI is InChI=1S/C14H16BrN5/c1-2-5-11-12-13(16)17-18-14(12)20(19-11)8-9-6-3-4-7-10(9)15/h3-4,6-7H,2,5,8H2,1H3,(H3,16,17,18). The molecule has 1 aromatic carbocycles. The lowest BCUT2D eigenvalue weighted by molar-refractivity contribution is 0.677. The quantitative estimate of drug-likeness (QED) is 0.770. The molecular weight excluding hydrogens is 318 g/mol. The molecule has 0 saturated heterocycles. The number of nitrogens with one attached hydrogen (secondary N) is 1. The highest BCUT2D eigenvalue weighted by atomic mass is 79.9. The van der Waals surface area contributed by atoms with Crippen LogP contribution in [0.4, 0.5) is 5.82 Å². The summed E-state index contributed by atoms with van der Waals surface area (Å²) in [4.78, 5) is 0. The Morgan fingerprint density at radius 3 is 2.90 bits per heavy atom. The van der Waals surface area contributed by atoms with Gasteiger partial charge in [-0.25, -0.2) is 4.68 Å². The summed E-state index contributed by atoms with van der Waals surface area (Å²) in [5.41, 5.74) is 8.97. The number of aryl methyl sites for hydroxylation is 1. The molecule has 3 aromatic rings. The molecule has 3 rings (SSSR count). The lowest BCUT2D eigenvalue weighted by Crippen LogP contribution is -2.04. The zero-order valence-electron chi connectivity index (χ0n) is 11.2. The van der Waals surface area contributed by atoms with Crippen molar-refractivity contribution >= 4 is 32.8 Å². The van der Waals surface area contributed by atoms with Crippen molar-refractivity contribution in [1.29, 1.82) is 0 Å². The van der Waals surface area contributed by atoms with Gasteiger partial charge in [0.25, 0.3) is 0 Å². The summed E-state index contributed by atoms with van der Waals surface area (Å²) in [5, 5.41) is 12.8. The highest BCUT2D eigenvalue weighted by molar-refractivity contribution is 9.10. The van der Waals surface area contributed by atoms with Crippen LogP contribution in [0.3, 0.4) is 0 Å². The van der Waals surface area contributed by atoms with Crippen molar-refractivity contribution in [2.24, 2.45) is 0 Å². The minimum absolute atomic E-state index is 0.599. The van der Waals surface area contributed by atoms with Crippen LogP contribution in [-0.4, -0.2) is 20.0 Å². The molecule has 20 heavy (non-hydrogen) atoms. The number of aromatic amines is 1. The average molecular weight is 334 g/mol. The van der Waals surface area contributed by atoms with E-state index in [9.17, 15) is 0 Å². The second kappa shape index (κ2) is 5.28. The van der Waals surface area contributed by atoms with E-state index in [1.807, 2.05) is 22.9 Å². The smallest absolute Gasteiger partial charge is 0.182 e. The first-order valence-corrected chi connectivity index (χ1v) is 7.42. The predicted molar refractivity (Wildman–Crippen MR) is 83.5 cm³/mol. The first kappa shape index (κ1) is 13.2. The average Bonchev–Trinajstić information content (AvgIpc) is 2.96. The summed E-state index contributed by atoms with van der Waals surface area (Å²) in [6.45, 7) is 2.81. The number of rotatable bonds is 4. The second-order valence-corrected chi connectivity index (χ2v) is 5.64. The number of hydrogen-bond acceptors (Lipinski definition) is 3. The maximum absolute atomic E-state index is 5.96. The van der Waals surface area contributed by atoms with Crippen molar-refractivity contribution in [2.45, 2.75) is 26.3 Å². The molecule has 0 fully saturated rings. The number of fused-ring (bicyclic) bond motifs is 1. The minimum Gasteiger partial charge on any atom is -0.383 e. The number of hydrogen-bond donors (Lipinski definition) is 2. The molecule has 0 aliphatic rings. The maximum atomic E-state index is 5.96. The van der Waals surface area contributed by atoms with Crippen LogP contribution in [0.15, 0.2) is 28.7 Å². The molecule has 3 N–H and O–H groups in total. The van der Waals surface area contributed by atoms with Crippen LogP contribution in [0.25, 0.3) is 11.0 Å². The zero-order chi connectivity index (χ0) is 14.1. The van der Waals surface area contributed by atoms with Gasteiger partial charge in [-0.3, -0.25) is 5.10 Å². The highest BCUT2D eigenvalue weighted by Crippen LogP contribution is 2.25. The number of H-pyrrole nitrogens is 1. The predicted octanol–water partition coefficient (Wildman–Crippen LogP) is 3.10. The van der Waals surface area contributed by atoms with Crippen LogP contribution in [0, 0.1) is 0 Å². The molecule has 0 amide bonds. The topological polar surface area (TPSA) is 72.5 Å². The molecule has 0 aliphatic carbocycles. The van der Waals surface area contributed by atoms with Gasteiger partial charge >= 0.3 is 0 Å². The van der Waals surface area contributed by atoms with E-state index in [0.717, 1.165) is 34.0 Å². The maximum Gasteiger partial charge on any atom is 0.182 e. The summed E-state index contributed by atoms with van der Waals surface area (Å²) in [6, 6.07) is 8.13. The molecule has 5 nitrogen and oxygen atoms in total. The number of benzene rings is 1. The third-order valence-electron chi connectivity index (χ3n) is 3.31. The largest absolute Gasteiger partial charge is 0.383 e. The molecule has 2 aromatic heterocycles. The van der Waals surface area contributed by atoms with E-state index in [4.69, 9.17) is 5.73 Å². The van der Waals surface area contributed by atoms with E-state index in [0.29, 0.717) is 12.4 Å². The molecular formula is C14H16BrN5. The summed E-state index contributed by atoms with van der Waals surface area (Å²) in [5.74, 6) is 0.599. The van der Waals surface area contributed by atoms with Crippen molar-refractivity contribution in [3.05, 3.63) is 40.0 Å². The SMILES string of the molecule is CCCc1nn(Cc2ccccc2Br)c2n[nH]c(N)c12. The molecule has 104 valence electrons. The molecule has 2 heterocycles. The van der Waals surface area contributed by atoms with Crippen LogP contribution >= 0.6 is 15.9 Å². The zero-order valence-corrected chi connectivity index (χ0v) is 12.8. The summed E-state index contributed by atoms with van der Waals surface area (Å²) in [6.07, 6.45) is 1.94. The van der Waals surface area contributed by atoms with Gasteiger partial charge in [0.1, 0.15) is 5.82 Å². The van der Waals surface area contributed by atoms with Crippen molar-refractivity contribution in [2.75, 3.05) is 5.73 Å². The van der Waals surface area contributed by atoms with E-state index in [1.165, 1.54) is 5.56 Å². The van der Waals surface area contributed by atoms with Gasteiger partial charge in [0.15, 0.2) is 5.65 Å². The van der Waals surface area contributed by atoms with Gasteiger partial charge in [-0.05, 0) is 18.1 Å². The summed E-state index contributed by atoms with van der Waals surface area (Å²) in [7, 11) is 0. The van der Waals surface area contributed by atoms with Crippen LogP contribution in [-0.2, 0) is 13.0 Å². The molecule has 0 spiro atoms. The molecule has 0 unspecified atom stereocenters. The Bertz CT molecular complexity index is 743. The number of nitrogen functional groups attached to an aromatic ring is 1. The molecule has 0 bridgehead atoms. The Hall–Kier alpha value is -1.82. The Morgan fingerprint density at radius 1 is 1.35 bits per heavy atom. The fourth-order valence-electron chi connectivity index (χ4n) is 2.37. The van der Waals surface area contributed by atoms with Crippen molar-refractivity contribution in [3.63, 3.8) is 0 Å². The second-order valence-electron chi connectivity index (χ2n) is 4.78. The van der Waals surface area contributed by atoms with Crippen molar-refractivity contribution in [3.8, 4) is 0 Å². The molecule has 0 aliphatic heterocycles. The normalized spacial score (nSPS) is 11.3. The summed E-state index contributed by atoms with van der Waals surface area (Å²) < 4.78 is 2.98. The number of anilines is 1. The number of halogens is 1. The summed E-state index contributed by atoms with van der Waals surface area (Å²) >= 11 is 3.57. The van der Waals surface area contributed by atoms with Crippen LogP contribution in [0.5, 0.6) is 0 Å². The number of nitrogens with two attached hydrogens (primary N) is 1. The van der Waals surface area contributed by atoms with Crippen molar-refractivity contribution < 1.29 is 0 Å². The van der Waals surface area contributed by atoms with Crippen LogP contribution in [0.2, 0.25) is 0 Å². The molecule has 6 heteroatoms. The fraction of sp³-hybridized carbons (Fsp3) is 0.286. The molecule has 0 radical (unpaired) electrons. The minimum atomic E-state index is 0.599.